The third-order valence-electron chi connectivity index (χ3n) is 2.52. The van der Waals surface area contributed by atoms with Crippen LogP contribution in [0.25, 0.3) is 0 Å². The summed E-state index contributed by atoms with van der Waals surface area (Å²) in [5.41, 5.74) is 0.214. The van der Waals surface area contributed by atoms with E-state index in [1.54, 1.807) is 5.38 Å². The number of aromatic nitrogens is 1. The fourth-order valence-corrected chi connectivity index (χ4v) is 2.49. The topological polar surface area (TPSA) is 68.3 Å². The molecule has 1 N–H and O–H groups in total. The predicted octanol–water partition coefficient (Wildman–Crippen LogP) is 2.90. The van der Waals surface area contributed by atoms with Gasteiger partial charge in [-0.25, -0.2) is 9.37 Å². The molecule has 1 aromatic carbocycles. The van der Waals surface area contributed by atoms with Gasteiger partial charge in [-0.2, -0.15) is 0 Å². The monoisotopic (exact) mass is 328 g/mol. The van der Waals surface area contributed by atoms with E-state index in [2.05, 4.69) is 15.0 Å². The molecule has 5 nitrogen and oxygen atoms in total. The van der Waals surface area contributed by atoms with Crippen LogP contribution in [0.15, 0.2) is 23.6 Å². The molecular weight excluding hydrogens is 319 g/mol. The van der Waals surface area contributed by atoms with Crippen molar-refractivity contribution in [1.29, 1.82) is 0 Å². The highest BCUT2D eigenvalue weighted by molar-refractivity contribution is 7.14. The van der Waals surface area contributed by atoms with Gasteiger partial charge in [0.05, 0.1) is 29.8 Å². The number of thiazole rings is 1. The molecule has 2 aromatic rings. The lowest BCUT2D eigenvalue weighted by molar-refractivity contribution is -0.139. The highest BCUT2D eigenvalue weighted by Gasteiger charge is 2.17. The second kappa shape index (κ2) is 6.64. The van der Waals surface area contributed by atoms with Gasteiger partial charge in [0, 0.05) is 5.38 Å². The Hall–Kier alpha value is -1.99. The minimum absolute atomic E-state index is 0.00330. The molecule has 8 heteroatoms. The van der Waals surface area contributed by atoms with Crippen LogP contribution in [0, 0.1) is 5.82 Å². The molecule has 0 radical (unpaired) electrons. The van der Waals surface area contributed by atoms with Gasteiger partial charge in [0.2, 0.25) is 0 Å². The molecule has 0 atom stereocenters. The van der Waals surface area contributed by atoms with Crippen LogP contribution >= 0.6 is 22.9 Å². The van der Waals surface area contributed by atoms with Gasteiger partial charge in [0.15, 0.2) is 5.13 Å². The molecule has 0 saturated carbocycles. The highest BCUT2D eigenvalue weighted by atomic mass is 35.5. The molecule has 1 amide bonds. The number of nitrogens with one attached hydrogen (secondary N) is 1. The maximum atomic E-state index is 13.6. The fourth-order valence-electron chi connectivity index (χ4n) is 1.54. The van der Waals surface area contributed by atoms with Gasteiger partial charge in [0.1, 0.15) is 5.82 Å². The zero-order valence-corrected chi connectivity index (χ0v) is 12.4. The number of ether oxygens (including phenoxy) is 1. The van der Waals surface area contributed by atoms with Crippen molar-refractivity contribution in [3.8, 4) is 0 Å². The largest absolute Gasteiger partial charge is 0.469 e. The Morgan fingerprint density at radius 2 is 2.24 bits per heavy atom. The molecule has 1 heterocycles. The SMILES string of the molecule is COC(=O)Cc1csc(NC(=O)c2c(F)cccc2Cl)n1. The smallest absolute Gasteiger partial charge is 0.311 e. The Morgan fingerprint density at radius 1 is 1.48 bits per heavy atom. The van der Waals surface area contributed by atoms with Crippen molar-refractivity contribution < 1.29 is 18.7 Å². The van der Waals surface area contributed by atoms with Crippen molar-refractivity contribution in [2.24, 2.45) is 0 Å². The van der Waals surface area contributed by atoms with E-state index >= 15 is 0 Å². The van der Waals surface area contributed by atoms with Gasteiger partial charge in [0.25, 0.3) is 5.91 Å². The van der Waals surface area contributed by atoms with Crippen LogP contribution in [0.3, 0.4) is 0 Å². The van der Waals surface area contributed by atoms with E-state index in [1.165, 1.54) is 19.2 Å². The van der Waals surface area contributed by atoms with E-state index < -0.39 is 17.7 Å². The van der Waals surface area contributed by atoms with Crippen molar-refractivity contribution >= 4 is 39.9 Å². The molecule has 21 heavy (non-hydrogen) atoms. The van der Waals surface area contributed by atoms with Crippen LogP contribution in [0.2, 0.25) is 5.02 Å². The van der Waals surface area contributed by atoms with Crippen molar-refractivity contribution in [3.05, 3.63) is 45.7 Å². The average molecular weight is 329 g/mol. The fraction of sp³-hybridized carbons (Fsp3) is 0.154. The second-order valence-corrected chi connectivity index (χ2v) is 5.21. The summed E-state index contributed by atoms with van der Waals surface area (Å²) in [5.74, 6) is -1.85. The van der Waals surface area contributed by atoms with Crippen LogP contribution < -0.4 is 5.32 Å². The number of anilines is 1. The number of carbonyl (C=O) groups is 2. The number of hydrogen-bond donors (Lipinski definition) is 1. The van der Waals surface area contributed by atoms with E-state index in [4.69, 9.17) is 11.6 Å². The van der Waals surface area contributed by atoms with E-state index in [-0.39, 0.29) is 22.1 Å². The average Bonchev–Trinajstić information content (AvgIpc) is 2.85. The van der Waals surface area contributed by atoms with E-state index in [0.29, 0.717) is 5.69 Å². The third kappa shape index (κ3) is 3.77. The van der Waals surface area contributed by atoms with Crippen molar-refractivity contribution in [1.82, 2.24) is 4.98 Å². The van der Waals surface area contributed by atoms with Crippen LogP contribution in [-0.2, 0) is 16.0 Å². The van der Waals surface area contributed by atoms with Crippen LogP contribution in [0.1, 0.15) is 16.1 Å². The lowest BCUT2D eigenvalue weighted by atomic mass is 10.2. The standard InChI is InChI=1S/C13H10ClFN2O3S/c1-20-10(18)5-7-6-21-13(16-7)17-12(19)11-8(14)3-2-4-9(11)15/h2-4,6H,5H2,1H3,(H,16,17,19). The van der Waals surface area contributed by atoms with Crippen LogP contribution in [0.5, 0.6) is 0 Å². The first-order valence-corrected chi connectivity index (χ1v) is 7.03. The Labute approximate surface area is 128 Å². The minimum Gasteiger partial charge on any atom is -0.469 e. The van der Waals surface area contributed by atoms with Crippen molar-refractivity contribution in [2.45, 2.75) is 6.42 Å². The number of carbonyl (C=O) groups excluding carboxylic acids is 2. The number of benzene rings is 1. The molecule has 0 unspecified atom stereocenters. The van der Waals surface area contributed by atoms with E-state index in [1.807, 2.05) is 0 Å². The molecule has 0 aliphatic heterocycles. The van der Waals surface area contributed by atoms with Crippen molar-refractivity contribution in [2.75, 3.05) is 12.4 Å². The van der Waals surface area contributed by atoms with Gasteiger partial charge in [-0.15, -0.1) is 11.3 Å². The summed E-state index contributed by atoms with van der Waals surface area (Å²) in [4.78, 5) is 27.1. The number of rotatable bonds is 4. The summed E-state index contributed by atoms with van der Waals surface area (Å²) in [5, 5.41) is 4.31. The molecule has 0 saturated heterocycles. The van der Waals surface area contributed by atoms with Gasteiger partial charge in [-0.05, 0) is 12.1 Å². The van der Waals surface area contributed by atoms with Crippen molar-refractivity contribution in [3.63, 3.8) is 0 Å². The first kappa shape index (κ1) is 15.4. The molecule has 0 fully saturated rings. The lowest BCUT2D eigenvalue weighted by Gasteiger charge is -2.04. The summed E-state index contributed by atoms with van der Waals surface area (Å²) in [7, 11) is 1.28. The number of nitrogens with zero attached hydrogens (tertiary/aromatic N) is 1. The van der Waals surface area contributed by atoms with Gasteiger partial charge in [-0.1, -0.05) is 17.7 Å². The Balaban J connectivity index is 2.12. The van der Waals surface area contributed by atoms with Gasteiger partial charge < -0.3 is 4.74 Å². The number of amides is 1. The summed E-state index contributed by atoms with van der Waals surface area (Å²) < 4.78 is 18.1. The maximum absolute atomic E-state index is 13.6. The maximum Gasteiger partial charge on any atom is 0.311 e. The number of hydrogen-bond acceptors (Lipinski definition) is 5. The molecule has 0 aliphatic rings. The van der Waals surface area contributed by atoms with Crippen LogP contribution in [0.4, 0.5) is 9.52 Å². The number of esters is 1. The van der Waals surface area contributed by atoms with E-state index in [0.717, 1.165) is 17.4 Å². The quantitative estimate of drug-likeness (QED) is 0.876. The van der Waals surface area contributed by atoms with Gasteiger partial charge in [-0.3, -0.25) is 14.9 Å². The summed E-state index contributed by atoms with van der Waals surface area (Å²) in [6, 6.07) is 3.97. The Morgan fingerprint density at radius 3 is 2.90 bits per heavy atom. The molecule has 0 bridgehead atoms. The zero-order chi connectivity index (χ0) is 15.4. The molecule has 0 spiro atoms. The van der Waals surface area contributed by atoms with E-state index in [9.17, 15) is 14.0 Å². The third-order valence-corrected chi connectivity index (χ3v) is 3.64. The number of halogens is 2. The summed E-state index contributed by atoms with van der Waals surface area (Å²) in [6.07, 6.45) is 0.00330. The summed E-state index contributed by atoms with van der Waals surface area (Å²) in [6.45, 7) is 0. The molecule has 2 rings (SSSR count). The zero-order valence-electron chi connectivity index (χ0n) is 10.9. The lowest BCUT2D eigenvalue weighted by Crippen LogP contribution is -2.14. The predicted molar refractivity (Wildman–Crippen MR) is 77.2 cm³/mol. The Bertz CT molecular complexity index is 670. The first-order valence-electron chi connectivity index (χ1n) is 5.78. The highest BCUT2D eigenvalue weighted by Crippen LogP contribution is 2.22. The van der Waals surface area contributed by atoms with Crippen LogP contribution in [-0.4, -0.2) is 24.0 Å². The molecule has 110 valence electrons. The number of methoxy groups -OCH3 is 1. The normalized spacial score (nSPS) is 10.2. The van der Waals surface area contributed by atoms with Gasteiger partial charge >= 0.3 is 5.97 Å². The molecule has 0 aliphatic carbocycles. The Kier molecular flexibility index (Phi) is 4.87. The summed E-state index contributed by atoms with van der Waals surface area (Å²) >= 11 is 6.92. The molecule has 1 aromatic heterocycles. The second-order valence-electron chi connectivity index (χ2n) is 3.95. The minimum atomic E-state index is -0.716. The molecular formula is C13H10ClFN2O3S. The first-order chi connectivity index (χ1) is 10.0.